The van der Waals surface area contributed by atoms with Crippen molar-refractivity contribution in [2.45, 2.75) is 0 Å². The summed E-state index contributed by atoms with van der Waals surface area (Å²) in [6, 6.07) is 9.85. The van der Waals surface area contributed by atoms with Gasteiger partial charge in [-0.2, -0.15) is 0 Å². The molecule has 1 aromatic carbocycles. The van der Waals surface area contributed by atoms with Crippen LogP contribution in [0.2, 0.25) is 0 Å². The van der Waals surface area contributed by atoms with Crippen LogP contribution in [-0.2, 0) is 0 Å². The van der Waals surface area contributed by atoms with E-state index >= 15 is 0 Å². The van der Waals surface area contributed by atoms with E-state index in [9.17, 15) is 0 Å². The van der Waals surface area contributed by atoms with Crippen molar-refractivity contribution in [1.82, 2.24) is 0 Å². The highest BCUT2D eigenvalue weighted by Gasteiger charge is 2.25. The van der Waals surface area contributed by atoms with Crippen LogP contribution in [0, 0.1) is 0 Å². The number of nitrogens with one attached hydrogen (secondary N) is 1. The third-order valence-corrected chi connectivity index (χ3v) is 2.26. The molecule has 1 aromatic rings. The van der Waals surface area contributed by atoms with Gasteiger partial charge in [0.2, 0.25) is 0 Å². The molecule has 0 saturated carbocycles. The lowest BCUT2D eigenvalue weighted by Gasteiger charge is -2.08. The van der Waals surface area contributed by atoms with Gasteiger partial charge < -0.3 is 5.11 Å². The quantitative estimate of drug-likeness (QED) is 0.634. The molecule has 2 N–H and O–H groups in total. The van der Waals surface area contributed by atoms with Crippen molar-refractivity contribution in [3.05, 3.63) is 35.9 Å². The van der Waals surface area contributed by atoms with Gasteiger partial charge in [0.15, 0.2) is 0 Å². The third-order valence-electron chi connectivity index (χ3n) is 2.26. The fourth-order valence-corrected chi connectivity index (χ4v) is 1.42. The van der Waals surface area contributed by atoms with E-state index in [1.807, 2.05) is 37.4 Å². The Labute approximate surface area is 82.2 Å². The lowest BCUT2D eigenvalue weighted by atomic mass is 10.2. The average molecular weight is 190 g/mol. The van der Waals surface area contributed by atoms with Crippen LogP contribution in [0.25, 0.3) is 0 Å². The lowest BCUT2D eigenvalue weighted by molar-refractivity contribution is -0.673. The van der Waals surface area contributed by atoms with E-state index in [1.54, 1.807) is 0 Å². The smallest absolute Gasteiger partial charge is 0.258 e. The maximum absolute atomic E-state index is 8.98. The van der Waals surface area contributed by atoms with Crippen LogP contribution >= 0.6 is 0 Å². The van der Waals surface area contributed by atoms with Crippen LogP contribution < -0.4 is 4.90 Å². The zero-order chi connectivity index (χ0) is 9.97. The summed E-state index contributed by atoms with van der Waals surface area (Å²) < 4.78 is 0. The van der Waals surface area contributed by atoms with Gasteiger partial charge in [-0.05, 0) is 12.1 Å². The fourth-order valence-electron chi connectivity index (χ4n) is 1.42. The van der Waals surface area contributed by atoms with E-state index in [2.05, 4.69) is 10.2 Å². The summed E-state index contributed by atoms with van der Waals surface area (Å²) in [6.07, 6.45) is 0. The van der Waals surface area contributed by atoms with Crippen LogP contribution in [0.15, 0.2) is 40.5 Å². The topological polar surface area (TPSA) is 49.4 Å². The van der Waals surface area contributed by atoms with Crippen LogP contribution in [0.3, 0.4) is 0 Å². The number of quaternary nitrogens is 1. The Morgan fingerprint density at radius 2 is 1.93 bits per heavy atom. The lowest BCUT2D eigenvalue weighted by Crippen LogP contribution is -3.13. The summed E-state index contributed by atoms with van der Waals surface area (Å²) in [5.41, 5.74) is 1.04. The third kappa shape index (κ3) is 1.45. The SMILES string of the molecule is C[NH+]1C(CO)=NN=C1c1ccccc1. The van der Waals surface area contributed by atoms with Crippen LogP contribution in [0.1, 0.15) is 5.56 Å². The molecule has 0 bridgehead atoms. The molecule has 0 saturated heterocycles. The van der Waals surface area contributed by atoms with Crippen molar-refractivity contribution in [3.63, 3.8) is 0 Å². The Kier molecular flexibility index (Phi) is 2.39. The van der Waals surface area contributed by atoms with E-state index in [0.717, 1.165) is 16.3 Å². The second-order valence-electron chi connectivity index (χ2n) is 3.14. The Balaban J connectivity index is 2.25. The van der Waals surface area contributed by atoms with Gasteiger partial charge in [0, 0.05) is 0 Å². The van der Waals surface area contributed by atoms with Crippen LogP contribution in [0.5, 0.6) is 0 Å². The van der Waals surface area contributed by atoms with Crippen LogP contribution in [0.4, 0.5) is 0 Å². The Bertz CT molecular complexity index is 384. The number of benzene rings is 1. The van der Waals surface area contributed by atoms with Gasteiger partial charge in [-0.15, -0.1) is 0 Å². The number of hydrogen-bond donors (Lipinski definition) is 2. The van der Waals surface area contributed by atoms with E-state index in [0.29, 0.717) is 5.84 Å². The summed E-state index contributed by atoms with van der Waals surface area (Å²) in [6.45, 7) is -0.0499. The zero-order valence-corrected chi connectivity index (χ0v) is 7.94. The van der Waals surface area contributed by atoms with E-state index in [4.69, 9.17) is 5.11 Å². The second-order valence-corrected chi connectivity index (χ2v) is 3.14. The standard InChI is InChI=1S/C10H11N3O/c1-13-9(7-14)11-12-10(13)8-5-3-2-4-6-8/h2-6,14H,7H2,1H3/p+1. The Hall–Kier alpha value is -1.52. The molecule has 1 aliphatic rings. The van der Waals surface area contributed by atoms with E-state index in [1.165, 1.54) is 0 Å². The monoisotopic (exact) mass is 190 g/mol. The minimum Gasteiger partial charge on any atom is -0.384 e. The molecule has 0 aliphatic carbocycles. The minimum atomic E-state index is -0.0499. The van der Waals surface area contributed by atoms with Gasteiger partial charge in [-0.3, -0.25) is 0 Å². The predicted molar refractivity (Wildman–Crippen MR) is 54.4 cm³/mol. The highest BCUT2D eigenvalue weighted by atomic mass is 16.3. The van der Waals surface area contributed by atoms with Gasteiger partial charge in [0.05, 0.1) is 12.6 Å². The molecule has 0 aromatic heterocycles. The molecule has 2 rings (SSSR count). The minimum absolute atomic E-state index is 0.0499. The first-order valence-electron chi connectivity index (χ1n) is 4.48. The first-order valence-corrected chi connectivity index (χ1v) is 4.48. The number of aliphatic hydroxyl groups is 1. The second kappa shape index (κ2) is 3.69. The molecule has 1 aliphatic heterocycles. The fraction of sp³-hybridized carbons (Fsp3) is 0.200. The molecule has 4 heteroatoms. The number of likely N-dealkylation sites (N-methyl/N-ethyl adjacent to an activating group) is 1. The average Bonchev–Trinajstić information content (AvgIpc) is 2.61. The molecule has 0 radical (unpaired) electrons. The van der Waals surface area contributed by atoms with Crippen molar-refractivity contribution in [2.24, 2.45) is 10.2 Å². The van der Waals surface area contributed by atoms with Gasteiger partial charge in [-0.25, -0.2) is 4.90 Å². The summed E-state index contributed by atoms with van der Waals surface area (Å²) in [7, 11) is 1.92. The maximum Gasteiger partial charge on any atom is 0.258 e. The van der Waals surface area contributed by atoms with Crippen molar-refractivity contribution >= 4 is 11.7 Å². The molecular weight excluding hydrogens is 178 g/mol. The molecule has 1 atom stereocenters. The molecule has 1 unspecified atom stereocenters. The number of rotatable bonds is 2. The summed E-state index contributed by atoms with van der Waals surface area (Å²) in [4.78, 5) is 0.957. The first-order chi connectivity index (χ1) is 6.83. The molecule has 72 valence electrons. The van der Waals surface area contributed by atoms with E-state index in [-0.39, 0.29) is 6.61 Å². The van der Waals surface area contributed by atoms with Crippen molar-refractivity contribution < 1.29 is 10.0 Å². The highest BCUT2D eigenvalue weighted by Crippen LogP contribution is 1.99. The highest BCUT2D eigenvalue weighted by molar-refractivity contribution is 6.00. The molecule has 14 heavy (non-hydrogen) atoms. The van der Waals surface area contributed by atoms with Gasteiger partial charge in [0.1, 0.15) is 6.61 Å². The number of amidine groups is 2. The zero-order valence-electron chi connectivity index (χ0n) is 7.94. The van der Waals surface area contributed by atoms with Crippen LogP contribution in [-0.4, -0.2) is 30.4 Å². The van der Waals surface area contributed by atoms with Crippen molar-refractivity contribution in [3.8, 4) is 0 Å². The molecule has 1 heterocycles. The van der Waals surface area contributed by atoms with Gasteiger partial charge in [-0.1, -0.05) is 28.4 Å². The normalized spacial score (nSPS) is 20.6. The molecule has 0 spiro atoms. The van der Waals surface area contributed by atoms with Crippen molar-refractivity contribution in [2.75, 3.05) is 13.7 Å². The molecule has 0 amide bonds. The number of hydrogen-bond acceptors (Lipinski definition) is 3. The number of nitrogens with zero attached hydrogens (tertiary/aromatic N) is 2. The molecular formula is C10H12N3O+. The summed E-state index contributed by atoms with van der Waals surface area (Å²) >= 11 is 0. The largest absolute Gasteiger partial charge is 0.384 e. The molecule has 4 nitrogen and oxygen atoms in total. The Morgan fingerprint density at radius 1 is 1.21 bits per heavy atom. The Morgan fingerprint density at radius 3 is 2.50 bits per heavy atom. The molecule has 0 fully saturated rings. The number of aliphatic hydroxyl groups excluding tert-OH is 1. The first kappa shape index (κ1) is 9.05. The maximum atomic E-state index is 8.98. The summed E-state index contributed by atoms with van der Waals surface area (Å²) in [5.74, 6) is 1.51. The van der Waals surface area contributed by atoms with Gasteiger partial charge in [0.25, 0.3) is 11.7 Å². The predicted octanol–water partition coefficient (Wildman–Crippen LogP) is -0.733. The van der Waals surface area contributed by atoms with Gasteiger partial charge >= 0.3 is 0 Å². The van der Waals surface area contributed by atoms with E-state index < -0.39 is 0 Å². The summed E-state index contributed by atoms with van der Waals surface area (Å²) in [5, 5.41) is 16.9. The van der Waals surface area contributed by atoms with Crippen molar-refractivity contribution in [1.29, 1.82) is 0 Å².